The van der Waals surface area contributed by atoms with E-state index in [0.717, 1.165) is 17.8 Å². The lowest BCUT2D eigenvalue weighted by Crippen LogP contribution is -2.17. The van der Waals surface area contributed by atoms with Gasteiger partial charge in [-0.15, -0.1) is 0 Å². The van der Waals surface area contributed by atoms with E-state index >= 15 is 0 Å². The number of aromatic nitrogens is 1. The number of thioether (sulfide) groups is 1. The first kappa shape index (κ1) is 22.0. The predicted molar refractivity (Wildman–Crippen MR) is 107 cm³/mol. The Labute approximate surface area is 180 Å². The van der Waals surface area contributed by atoms with Crippen LogP contribution in [0.2, 0.25) is 0 Å². The number of amides is 2. The maximum absolute atomic E-state index is 13.5. The molecule has 2 amide bonds. The molecule has 1 aliphatic rings. The molecule has 0 radical (unpaired) electrons. The third-order valence-electron chi connectivity index (χ3n) is 4.86. The molecule has 4 rings (SSSR count). The Hall–Kier alpha value is -3.21. The normalized spacial score (nSPS) is 16.2. The Bertz CT molecular complexity index is 1270. The van der Waals surface area contributed by atoms with E-state index in [2.05, 4.69) is 5.32 Å². The molecule has 32 heavy (non-hydrogen) atoms. The number of benzene rings is 2. The Kier molecular flexibility index (Phi) is 5.32. The summed E-state index contributed by atoms with van der Waals surface area (Å²) in [6, 6.07) is 8.13. The van der Waals surface area contributed by atoms with Crippen molar-refractivity contribution in [2.45, 2.75) is 18.9 Å². The van der Waals surface area contributed by atoms with Gasteiger partial charge in [0.2, 0.25) is 0 Å². The van der Waals surface area contributed by atoms with Gasteiger partial charge in [0, 0.05) is 23.6 Å². The van der Waals surface area contributed by atoms with Gasteiger partial charge in [-0.25, -0.2) is 0 Å². The largest absolute Gasteiger partial charge is 0.416 e. The van der Waals surface area contributed by atoms with Crippen LogP contribution in [0.25, 0.3) is 17.0 Å². The first-order valence-corrected chi connectivity index (χ1v) is 9.85. The van der Waals surface area contributed by atoms with Crippen LogP contribution in [-0.4, -0.2) is 15.7 Å². The van der Waals surface area contributed by atoms with Crippen molar-refractivity contribution >= 4 is 39.9 Å². The van der Waals surface area contributed by atoms with Gasteiger partial charge >= 0.3 is 12.4 Å². The molecule has 1 N–H and O–H groups in total. The zero-order valence-electron chi connectivity index (χ0n) is 15.8. The second kappa shape index (κ2) is 7.73. The van der Waals surface area contributed by atoms with Crippen molar-refractivity contribution in [3.05, 3.63) is 75.8 Å². The van der Waals surface area contributed by atoms with E-state index in [1.807, 2.05) is 0 Å². The number of carbonyl (C=O) groups excluding carboxylic acids is 2. The Morgan fingerprint density at radius 3 is 2.34 bits per heavy atom. The third-order valence-corrected chi connectivity index (χ3v) is 5.67. The number of alkyl halides is 6. The van der Waals surface area contributed by atoms with E-state index in [1.54, 1.807) is 24.3 Å². The van der Waals surface area contributed by atoms with Gasteiger partial charge in [0.1, 0.15) is 0 Å². The lowest BCUT2D eigenvalue weighted by Gasteiger charge is -2.17. The number of halogens is 6. The van der Waals surface area contributed by atoms with Gasteiger partial charge in [0.15, 0.2) is 0 Å². The number of nitrogens with one attached hydrogen (secondary N) is 1. The van der Waals surface area contributed by atoms with Crippen LogP contribution in [0, 0.1) is 0 Å². The standard InChI is InChI=1S/C21H12F6N2O2S/c22-20(23,24)13-5-4-12(15(9-13)21(25,26)27)10-29-7-6-14-11(2-1-3-16(14)29)8-17-18(30)28-19(31)32-17/h1-9H,10H2,(H,28,30,31). The highest BCUT2D eigenvalue weighted by atomic mass is 32.2. The van der Waals surface area contributed by atoms with Crippen LogP contribution in [0.15, 0.2) is 53.6 Å². The Morgan fingerprint density at radius 1 is 0.969 bits per heavy atom. The van der Waals surface area contributed by atoms with Crippen molar-refractivity contribution in [2.75, 3.05) is 0 Å². The van der Waals surface area contributed by atoms with E-state index in [4.69, 9.17) is 0 Å². The van der Waals surface area contributed by atoms with Gasteiger partial charge in [-0.3, -0.25) is 14.9 Å². The Morgan fingerprint density at radius 2 is 1.72 bits per heavy atom. The maximum atomic E-state index is 13.5. The van der Waals surface area contributed by atoms with Crippen molar-refractivity contribution in [3.63, 3.8) is 0 Å². The highest BCUT2D eigenvalue weighted by molar-refractivity contribution is 8.18. The van der Waals surface area contributed by atoms with Crippen LogP contribution in [0.3, 0.4) is 0 Å². The monoisotopic (exact) mass is 470 g/mol. The molecule has 0 atom stereocenters. The second-order valence-electron chi connectivity index (χ2n) is 6.94. The number of carbonyl (C=O) groups is 2. The summed E-state index contributed by atoms with van der Waals surface area (Å²) < 4.78 is 80.6. The summed E-state index contributed by atoms with van der Waals surface area (Å²) in [5.74, 6) is -0.545. The average molecular weight is 470 g/mol. The lowest BCUT2D eigenvalue weighted by atomic mass is 10.0. The van der Waals surface area contributed by atoms with E-state index in [0.29, 0.717) is 22.5 Å². The average Bonchev–Trinajstić information content (AvgIpc) is 3.23. The van der Waals surface area contributed by atoms with Crippen molar-refractivity contribution in [1.82, 2.24) is 9.88 Å². The predicted octanol–water partition coefficient (Wildman–Crippen LogP) is 6.05. The number of nitrogens with zero attached hydrogens (tertiary/aromatic N) is 1. The molecular weight excluding hydrogens is 458 g/mol. The second-order valence-corrected chi connectivity index (χ2v) is 7.96. The number of hydrogen-bond acceptors (Lipinski definition) is 3. The Balaban J connectivity index is 1.74. The molecule has 1 saturated heterocycles. The maximum Gasteiger partial charge on any atom is 0.416 e. The lowest BCUT2D eigenvalue weighted by molar-refractivity contribution is -0.143. The van der Waals surface area contributed by atoms with Gasteiger partial charge < -0.3 is 4.57 Å². The van der Waals surface area contributed by atoms with Crippen molar-refractivity contribution < 1.29 is 35.9 Å². The van der Waals surface area contributed by atoms with Crippen LogP contribution in [-0.2, 0) is 23.7 Å². The molecule has 3 aromatic rings. The van der Waals surface area contributed by atoms with Crippen LogP contribution in [0.1, 0.15) is 22.3 Å². The van der Waals surface area contributed by atoms with Gasteiger partial charge in [-0.2, -0.15) is 26.3 Å². The molecule has 1 fully saturated rings. The molecule has 2 aromatic carbocycles. The summed E-state index contributed by atoms with van der Waals surface area (Å²) in [6.07, 6.45) is -6.85. The van der Waals surface area contributed by atoms with Gasteiger partial charge in [0.05, 0.1) is 16.0 Å². The fourth-order valence-corrected chi connectivity index (χ4v) is 4.08. The molecule has 0 bridgehead atoms. The third kappa shape index (κ3) is 4.24. The summed E-state index contributed by atoms with van der Waals surface area (Å²) in [7, 11) is 0. The molecule has 4 nitrogen and oxygen atoms in total. The minimum atomic E-state index is -4.96. The summed E-state index contributed by atoms with van der Waals surface area (Å²) in [6.45, 7) is -0.315. The minimum Gasteiger partial charge on any atom is -0.343 e. The van der Waals surface area contributed by atoms with Crippen LogP contribution in [0.4, 0.5) is 31.1 Å². The molecule has 2 heterocycles. The molecule has 0 aliphatic carbocycles. The van der Waals surface area contributed by atoms with Gasteiger partial charge in [-0.1, -0.05) is 18.2 Å². The first-order valence-electron chi connectivity index (χ1n) is 9.03. The minimum absolute atomic E-state index is 0.115. The molecule has 1 aliphatic heterocycles. The van der Waals surface area contributed by atoms with Crippen molar-refractivity contribution in [3.8, 4) is 0 Å². The number of fused-ring (bicyclic) bond motifs is 1. The zero-order valence-corrected chi connectivity index (χ0v) is 16.7. The van der Waals surface area contributed by atoms with Crippen molar-refractivity contribution in [2.24, 2.45) is 0 Å². The van der Waals surface area contributed by atoms with E-state index in [-0.39, 0.29) is 23.1 Å². The van der Waals surface area contributed by atoms with Gasteiger partial charge in [0.25, 0.3) is 11.1 Å². The highest BCUT2D eigenvalue weighted by Crippen LogP contribution is 2.38. The van der Waals surface area contributed by atoms with Crippen molar-refractivity contribution in [1.29, 1.82) is 0 Å². The summed E-state index contributed by atoms with van der Waals surface area (Å²) in [4.78, 5) is 23.3. The molecule has 166 valence electrons. The fourth-order valence-electron chi connectivity index (χ4n) is 3.41. The van der Waals surface area contributed by atoms with E-state index in [9.17, 15) is 35.9 Å². The fraction of sp³-hybridized carbons (Fsp3) is 0.143. The molecule has 0 spiro atoms. The van der Waals surface area contributed by atoms with Crippen LogP contribution < -0.4 is 5.32 Å². The van der Waals surface area contributed by atoms with Crippen LogP contribution in [0.5, 0.6) is 0 Å². The summed E-state index contributed by atoms with van der Waals surface area (Å²) in [5.41, 5.74) is -1.96. The number of rotatable bonds is 3. The molecule has 0 unspecified atom stereocenters. The smallest absolute Gasteiger partial charge is 0.343 e. The van der Waals surface area contributed by atoms with E-state index in [1.165, 1.54) is 16.8 Å². The number of hydrogen-bond donors (Lipinski definition) is 1. The number of imide groups is 1. The first-order chi connectivity index (χ1) is 14.9. The molecular formula is C21H12F6N2O2S. The molecule has 11 heteroatoms. The molecule has 0 saturated carbocycles. The zero-order chi connectivity index (χ0) is 23.3. The SMILES string of the molecule is O=C1NC(=O)C(=Cc2cccc3c2ccn3Cc2ccc(C(F)(F)F)cc2C(F)(F)F)S1. The quantitative estimate of drug-likeness (QED) is 0.375. The summed E-state index contributed by atoms with van der Waals surface area (Å²) in [5, 5.41) is 2.23. The molecule has 1 aromatic heterocycles. The topological polar surface area (TPSA) is 51.1 Å². The highest BCUT2D eigenvalue weighted by Gasteiger charge is 2.38. The van der Waals surface area contributed by atoms with Crippen LogP contribution >= 0.6 is 11.8 Å². The summed E-state index contributed by atoms with van der Waals surface area (Å²) >= 11 is 0.732. The van der Waals surface area contributed by atoms with E-state index < -0.39 is 34.6 Å². The van der Waals surface area contributed by atoms with Gasteiger partial charge in [-0.05, 0) is 53.2 Å².